The summed E-state index contributed by atoms with van der Waals surface area (Å²) in [6, 6.07) is 11.4. The molecule has 3 heteroatoms. The van der Waals surface area contributed by atoms with E-state index < -0.39 is 0 Å². The molecule has 0 saturated carbocycles. The fraction of sp³-hybridized carbons (Fsp3) is 0.438. The van der Waals surface area contributed by atoms with Crippen LogP contribution in [-0.4, -0.2) is 4.98 Å². The number of rotatable bonds is 6. The first kappa shape index (κ1) is 14.2. The van der Waals surface area contributed by atoms with E-state index in [9.17, 15) is 0 Å². The highest BCUT2D eigenvalue weighted by atomic mass is 32.1. The molecule has 0 spiro atoms. The maximum Gasteiger partial charge on any atom is 0.109 e. The molecule has 0 aliphatic rings. The van der Waals surface area contributed by atoms with Crippen molar-refractivity contribution in [2.75, 3.05) is 0 Å². The monoisotopic (exact) mass is 274 g/mol. The van der Waals surface area contributed by atoms with Crippen molar-refractivity contribution in [1.82, 2.24) is 10.3 Å². The molecular weight excluding hydrogens is 252 g/mol. The molecule has 0 aliphatic heterocycles. The van der Waals surface area contributed by atoms with Crippen LogP contribution in [0, 0.1) is 5.92 Å². The highest BCUT2D eigenvalue weighted by Crippen LogP contribution is 2.28. The van der Waals surface area contributed by atoms with Gasteiger partial charge in [-0.25, -0.2) is 4.98 Å². The van der Waals surface area contributed by atoms with E-state index in [4.69, 9.17) is 0 Å². The van der Waals surface area contributed by atoms with Crippen LogP contribution in [0.25, 0.3) is 0 Å². The van der Waals surface area contributed by atoms with Gasteiger partial charge in [0.05, 0.1) is 6.04 Å². The summed E-state index contributed by atoms with van der Waals surface area (Å²) in [5, 5.41) is 7.00. The zero-order valence-electron chi connectivity index (χ0n) is 11.8. The smallest absolute Gasteiger partial charge is 0.109 e. The number of hydrogen-bond acceptors (Lipinski definition) is 3. The minimum absolute atomic E-state index is 0.340. The molecule has 0 radical (unpaired) electrons. The summed E-state index contributed by atoms with van der Waals surface area (Å²) in [7, 11) is 0. The third-order valence-electron chi connectivity index (χ3n) is 3.36. The van der Waals surface area contributed by atoms with Gasteiger partial charge in [0.1, 0.15) is 5.01 Å². The molecule has 1 aromatic heterocycles. The number of aromatic nitrogens is 1. The van der Waals surface area contributed by atoms with E-state index in [-0.39, 0.29) is 0 Å². The van der Waals surface area contributed by atoms with Gasteiger partial charge >= 0.3 is 0 Å². The van der Waals surface area contributed by atoms with Gasteiger partial charge in [-0.05, 0) is 17.9 Å². The second kappa shape index (κ2) is 6.83. The maximum absolute atomic E-state index is 4.45. The van der Waals surface area contributed by atoms with Crippen molar-refractivity contribution in [3.63, 3.8) is 0 Å². The van der Waals surface area contributed by atoms with Gasteiger partial charge in [0.2, 0.25) is 0 Å². The van der Waals surface area contributed by atoms with Gasteiger partial charge in [-0.15, -0.1) is 11.3 Å². The number of thiazole rings is 1. The van der Waals surface area contributed by atoms with E-state index in [0.29, 0.717) is 18.0 Å². The Hall–Kier alpha value is -1.19. The van der Waals surface area contributed by atoms with Crippen molar-refractivity contribution < 1.29 is 0 Å². The molecule has 0 aliphatic carbocycles. The van der Waals surface area contributed by atoms with Gasteiger partial charge < -0.3 is 5.32 Å². The van der Waals surface area contributed by atoms with Gasteiger partial charge in [0, 0.05) is 17.6 Å². The van der Waals surface area contributed by atoms with Crippen LogP contribution in [0.5, 0.6) is 0 Å². The number of benzene rings is 1. The van der Waals surface area contributed by atoms with Gasteiger partial charge in [0.25, 0.3) is 0 Å². The average Bonchev–Trinajstić information content (AvgIpc) is 2.94. The number of hydrogen-bond donors (Lipinski definition) is 1. The maximum atomic E-state index is 4.45. The van der Waals surface area contributed by atoms with Crippen molar-refractivity contribution in [1.29, 1.82) is 0 Å². The molecule has 0 amide bonds. The first-order valence-corrected chi connectivity index (χ1v) is 7.80. The summed E-state index contributed by atoms with van der Waals surface area (Å²) in [4.78, 5) is 4.45. The van der Waals surface area contributed by atoms with E-state index in [1.54, 1.807) is 11.3 Å². The predicted molar refractivity (Wildman–Crippen MR) is 82.3 cm³/mol. The van der Waals surface area contributed by atoms with Crippen molar-refractivity contribution in [3.05, 3.63) is 52.5 Å². The summed E-state index contributed by atoms with van der Waals surface area (Å²) in [5.74, 6) is 0.552. The van der Waals surface area contributed by atoms with Crippen molar-refractivity contribution in [2.45, 2.75) is 39.3 Å². The third kappa shape index (κ3) is 3.64. The summed E-state index contributed by atoms with van der Waals surface area (Å²) in [6.45, 7) is 6.74. The van der Waals surface area contributed by atoms with Gasteiger partial charge in [-0.3, -0.25) is 0 Å². The van der Waals surface area contributed by atoms with Crippen molar-refractivity contribution in [3.8, 4) is 0 Å². The average molecular weight is 274 g/mol. The highest BCUT2D eigenvalue weighted by Gasteiger charge is 2.21. The molecule has 1 heterocycles. The van der Waals surface area contributed by atoms with Crippen LogP contribution in [0.3, 0.4) is 0 Å². The molecule has 1 aromatic carbocycles. The Balaban J connectivity index is 2.17. The summed E-state index contributed by atoms with van der Waals surface area (Å²) in [6.07, 6.45) is 2.95. The van der Waals surface area contributed by atoms with Crippen LogP contribution < -0.4 is 5.32 Å². The van der Waals surface area contributed by atoms with Crippen LogP contribution >= 0.6 is 11.3 Å². The lowest BCUT2D eigenvalue weighted by Crippen LogP contribution is -2.29. The van der Waals surface area contributed by atoms with Crippen molar-refractivity contribution >= 4 is 11.3 Å². The van der Waals surface area contributed by atoms with E-state index in [1.165, 1.54) is 10.6 Å². The standard InChI is InChI=1S/C16H22N2S/c1-4-14(16-17-10-11-19-16)18-15(12(2)3)13-8-6-5-7-9-13/h5-12,14-15,18H,4H2,1-3H3. The molecule has 2 atom stereocenters. The zero-order valence-corrected chi connectivity index (χ0v) is 12.7. The summed E-state index contributed by atoms with van der Waals surface area (Å²) < 4.78 is 0. The quantitative estimate of drug-likeness (QED) is 0.834. The van der Waals surface area contributed by atoms with E-state index >= 15 is 0 Å². The fourth-order valence-electron chi connectivity index (χ4n) is 2.32. The van der Waals surface area contributed by atoms with Gasteiger partial charge in [-0.2, -0.15) is 0 Å². The molecule has 2 aromatic rings. The summed E-state index contributed by atoms with van der Waals surface area (Å²) >= 11 is 1.73. The molecule has 1 N–H and O–H groups in total. The van der Waals surface area contributed by atoms with Gasteiger partial charge in [-0.1, -0.05) is 51.1 Å². The lowest BCUT2D eigenvalue weighted by molar-refractivity contribution is 0.356. The van der Waals surface area contributed by atoms with E-state index in [0.717, 1.165) is 6.42 Å². The minimum atomic E-state index is 0.340. The topological polar surface area (TPSA) is 24.9 Å². The molecule has 0 saturated heterocycles. The molecule has 2 nitrogen and oxygen atoms in total. The SMILES string of the molecule is CCC(NC(c1ccccc1)C(C)C)c1nccs1. The Morgan fingerprint density at radius 2 is 1.95 bits per heavy atom. The molecule has 2 unspecified atom stereocenters. The second-order valence-electron chi connectivity index (χ2n) is 5.13. The van der Waals surface area contributed by atoms with Gasteiger partial charge in [0.15, 0.2) is 0 Å². The Morgan fingerprint density at radius 1 is 1.21 bits per heavy atom. The lowest BCUT2D eigenvalue weighted by atomic mass is 9.95. The van der Waals surface area contributed by atoms with Crippen LogP contribution in [0.1, 0.15) is 49.8 Å². The molecular formula is C16H22N2S. The Labute approximate surface area is 119 Å². The molecule has 102 valence electrons. The van der Waals surface area contributed by atoms with Crippen LogP contribution in [0.15, 0.2) is 41.9 Å². The minimum Gasteiger partial charge on any atom is -0.301 e. The van der Waals surface area contributed by atoms with Crippen LogP contribution in [0.2, 0.25) is 0 Å². The third-order valence-corrected chi connectivity index (χ3v) is 4.25. The number of nitrogens with zero attached hydrogens (tertiary/aromatic N) is 1. The van der Waals surface area contributed by atoms with E-state index in [1.807, 2.05) is 11.6 Å². The lowest BCUT2D eigenvalue weighted by Gasteiger charge is -2.27. The van der Waals surface area contributed by atoms with Crippen LogP contribution in [-0.2, 0) is 0 Å². The molecule has 19 heavy (non-hydrogen) atoms. The normalized spacial score (nSPS) is 14.5. The van der Waals surface area contributed by atoms with E-state index in [2.05, 4.69) is 61.4 Å². The second-order valence-corrected chi connectivity index (χ2v) is 6.06. The summed E-state index contributed by atoms with van der Waals surface area (Å²) in [5.41, 5.74) is 1.35. The first-order chi connectivity index (χ1) is 9.22. The molecule has 0 bridgehead atoms. The fourth-order valence-corrected chi connectivity index (χ4v) is 3.10. The Bertz CT molecular complexity index is 465. The number of nitrogens with one attached hydrogen (secondary N) is 1. The highest BCUT2D eigenvalue weighted by molar-refractivity contribution is 7.09. The predicted octanol–water partition coefficient (Wildman–Crippen LogP) is 4.58. The Morgan fingerprint density at radius 3 is 2.47 bits per heavy atom. The largest absolute Gasteiger partial charge is 0.301 e. The van der Waals surface area contributed by atoms with Crippen LogP contribution in [0.4, 0.5) is 0 Å². The Kier molecular flexibility index (Phi) is 5.11. The molecule has 2 rings (SSSR count). The zero-order chi connectivity index (χ0) is 13.7. The van der Waals surface area contributed by atoms with Crippen molar-refractivity contribution in [2.24, 2.45) is 5.92 Å². The first-order valence-electron chi connectivity index (χ1n) is 6.92. The molecule has 0 fully saturated rings.